The Morgan fingerprint density at radius 1 is 1.00 bits per heavy atom. The van der Waals surface area contributed by atoms with E-state index >= 15 is 4.39 Å². The number of hydrogen-bond acceptors (Lipinski definition) is 9. The summed E-state index contributed by atoms with van der Waals surface area (Å²) in [7, 11) is -1.95. The van der Waals surface area contributed by atoms with Crippen LogP contribution in [0.4, 0.5) is 9.18 Å². The largest absolute Gasteiger partial charge is 0.493 e. The molecule has 0 saturated carbocycles. The van der Waals surface area contributed by atoms with Crippen molar-refractivity contribution in [2.24, 2.45) is 0 Å². The normalized spacial score (nSPS) is 13.5. The van der Waals surface area contributed by atoms with Crippen molar-refractivity contribution in [3.63, 3.8) is 0 Å². The lowest BCUT2D eigenvalue weighted by Crippen LogP contribution is -2.51. The van der Waals surface area contributed by atoms with Crippen LogP contribution in [0.3, 0.4) is 0 Å². The zero-order valence-corrected chi connectivity index (χ0v) is 36.0. The van der Waals surface area contributed by atoms with E-state index in [2.05, 4.69) is 50.8 Å². The number of sulfonamides is 1. The minimum atomic E-state index is -3.81. The fourth-order valence-corrected chi connectivity index (χ4v) is 15.5. The Morgan fingerprint density at radius 2 is 1.64 bits per heavy atom. The van der Waals surface area contributed by atoms with Crippen LogP contribution in [0.15, 0.2) is 53.7 Å². The molecule has 0 radical (unpaired) electrons. The number of rotatable bonds is 12. The van der Waals surface area contributed by atoms with Crippen molar-refractivity contribution in [2.45, 2.75) is 102 Å². The predicted molar refractivity (Wildman–Crippen MR) is 215 cm³/mol. The van der Waals surface area contributed by atoms with Crippen molar-refractivity contribution in [3.05, 3.63) is 76.6 Å². The topological polar surface area (TPSA) is 138 Å². The zero-order valence-electron chi connectivity index (χ0n) is 33.4. The van der Waals surface area contributed by atoms with E-state index < -0.39 is 41.9 Å². The third-order valence-electron chi connectivity index (χ3n) is 10.1. The molecule has 3 aromatic heterocycles. The summed E-state index contributed by atoms with van der Waals surface area (Å²) in [5, 5.41) is 13.0. The summed E-state index contributed by atoms with van der Waals surface area (Å²) in [6.07, 6.45) is 1.32. The molecule has 2 aromatic carbocycles. The number of benzene rings is 2. The lowest BCUT2D eigenvalue weighted by atomic mass is 10.0. The molecule has 298 valence electrons. The van der Waals surface area contributed by atoms with Gasteiger partial charge in [0.2, 0.25) is 10.0 Å². The third kappa shape index (κ3) is 7.73. The molecule has 0 aliphatic carbocycles. The summed E-state index contributed by atoms with van der Waals surface area (Å²) in [6.45, 7) is 18.1. The van der Waals surface area contributed by atoms with E-state index in [1.807, 2.05) is 6.20 Å². The fraction of sp³-hybridized carbons (Fsp3) is 0.462. The van der Waals surface area contributed by atoms with Gasteiger partial charge in [0, 0.05) is 49.1 Å². The Labute approximate surface area is 328 Å². The lowest BCUT2D eigenvalue weighted by molar-refractivity contribution is 0.0533. The molecule has 0 aliphatic rings. The molecule has 0 bridgehead atoms. The molecule has 16 heteroatoms. The molecule has 1 atom stereocenters. The van der Waals surface area contributed by atoms with Crippen LogP contribution >= 0.6 is 11.6 Å². The summed E-state index contributed by atoms with van der Waals surface area (Å²) in [6, 6.07) is 8.45. The molecule has 5 aromatic rings. The number of hydrogen-bond donors (Lipinski definition) is 1. The Hall–Kier alpha value is -4.02. The standard InChI is InChI=1S/C39H51ClFN5O7SSi/c1-22(2)55(23(3)4,24(5)6)45-20-29(27-15-25(40)19-42-37(27)45)36(47)28-17-33(51-12)34(18-30(28)41)52-21-35-43-31-16-26(54(49,50)44(10)11)13-14-32(31)46(35)38(48)53-39(7,8)9/h13-20,22-24,36,47H,21H2,1-12H3. The van der Waals surface area contributed by atoms with Gasteiger partial charge in [-0.2, -0.15) is 0 Å². The Morgan fingerprint density at radius 3 is 2.20 bits per heavy atom. The van der Waals surface area contributed by atoms with Crippen LogP contribution in [0.1, 0.15) is 85.4 Å². The first-order valence-electron chi connectivity index (χ1n) is 18.1. The number of nitrogens with zero attached hydrogens (tertiary/aromatic N) is 5. The molecule has 0 aliphatic heterocycles. The fourth-order valence-electron chi connectivity index (χ4n) is 7.89. The monoisotopic (exact) mass is 815 g/mol. The number of aliphatic hydroxyl groups excluding tert-OH is 1. The Bertz CT molecular complexity index is 2330. The number of carbonyl (C=O) groups is 1. The van der Waals surface area contributed by atoms with Gasteiger partial charge in [-0.15, -0.1) is 0 Å². The molecule has 5 rings (SSSR count). The molecular weight excluding hydrogens is 765 g/mol. The number of pyridine rings is 1. The molecular formula is C39H51ClFN5O7SSi. The average Bonchev–Trinajstić information content (AvgIpc) is 3.64. The second-order valence-corrected chi connectivity index (χ2v) is 24.1. The first-order valence-corrected chi connectivity index (χ1v) is 22.1. The second-order valence-electron chi connectivity index (χ2n) is 15.8. The van der Waals surface area contributed by atoms with Gasteiger partial charge in [0.15, 0.2) is 25.6 Å². The van der Waals surface area contributed by atoms with Gasteiger partial charge < -0.3 is 23.5 Å². The quantitative estimate of drug-likeness (QED) is 0.122. The van der Waals surface area contributed by atoms with Crippen LogP contribution in [0.5, 0.6) is 11.5 Å². The summed E-state index contributed by atoms with van der Waals surface area (Å²) in [5.74, 6) is -0.600. The van der Waals surface area contributed by atoms with Crippen molar-refractivity contribution in [1.29, 1.82) is 0 Å². The summed E-state index contributed by atoms with van der Waals surface area (Å²) >= 11 is 6.45. The maximum absolute atomic E-state index is 16.2. The van der Waals surface area contributed by atoms with Crippen molar-refractivity contribution in [1.82, 2.24) is 23.1 Å². The number of imidazole rings is 1. The zero-order chi connectivity index (χ0) is 40.9. The number of methoxy groups -OCH3 is 1. The number of ether oxygens (including phenoxy) is 3. The van der Waals surface area contributed by atoms with Crippen molar-refractivity contribution < 1.29 is 36.9 Å². The number of fused-ring (bicyclic) bond motifs is 2. The van der Waals surface area contributed by atoms with Gasteiger partial charge in [-0.25, -0.2) is 36.4 Å². The van der Waals surface area contributed by atoms with Crippen LogP contribution in [0.25, 0.3) is 22.1 Å². The minimum Gasteiger partial charge on any atom is -0.493 e. The number of aromatic nitrogens is 4. The number of halogens is 2. The smallest absolute Gasteiger partial charge is 0.420 e. The SMILES string of the molecule is COc1cc(C(O)c2cn([Si](C(C)C)(C(C)C)C(C)C)c3ncc(Cl)cc23)c(F)cc1OCc1nc2cc(S(=O)(=O)N(C)C)ccc2n1C(=O)OC(C)(C)C. The molecule has 12 nitrogen and oxygen atoms in total. The number of carbonyl (C=O) groups excluding carboxylic acids is 1. The maximum atomic E-state index is 16.2. The van der Waals surface area contributed by atoms with Crippen molar-refractivity contribution in [3.8, 4) is 11.5 Å². The van der Waals surface area contributed by atoms with Crippen molar-refractivity contribution in [2.75, 3.05) is 21.2 Å². The maximum Gasteiger partial charge on any atom is 0.420 e. The predicted octanol–water partition coefficient (Wildman–Crippen LogP) is 8.90. The first kappa shape index (κ1) is 42.1. The highest BCUT2D eigenvalue weighted by atomic mass is 35.5. The summed E-state index contributed by atoms with van der Waals surface area (Å²) < 4.78 is 63.8. The molecule has 0 saturated heterocycles. The van der Waals surface area contributed by atoms with Crippen LogP contribution in [-0.2, 0) is 21.4 Å². The van der Waals surface area contributed by atoms with E-state index in [0.29, 0.717) is 38.2 Å². The number of aliphatic hydroxyl groups is 1. The minimum absolute atomic E-state index is 0.0176. The lowest BCUT2D eigenvalue weighted by Gasteiger charge is -2.44. The van der Waals surface area contributed by atoms with Crippen LogP contribution in [0.2, 0.25) is 21.6 Å². The van der Waals surface area contributed by atoms with Gasteiger partial charge >= 0.3 is 6.09 Å². The highest BCUT2D eigenvalue weighted by molar-refractivity contribution is 7.89. The Balaban J connectivity index is 1.57. The van der Waals surface area contributed by atoms with E-state index in [1.165, 1.54) is 50.0 Å². The van der Waals surface area contributed by atoms with Crippen LogP contribution in [-0.4, -0.2) is 77.7 Å². The van der Waals surface area contributed by atoms with Gasteiger partial charge in [0.25, 0.3) is 0 Å². The summed E-state index contributed by atoms with van der Waals surface area (Å²) in [4.78, 5) is 22.7. The Kier molecular flexibility index (Phi) is 11.9. The molecule has 3 heterocycles. The average molecular weight is 816 g/mol. The van der Waals surface area contributed by atoms with E-state index in [-0.39, 0.29) is 45.4 Å². The highest BCUT2D eigenvalue weighted by Gasteiger charge is 2.47. The second kappa shape index (κ2) is 15.5. The van der Waals surface area contributed by atoms with E-state index in [4.69, 9.17) is 30.8 Å². The molecule has 55 heavy (non-hydrogen) atoms. The van der Waals surface area contributed by atoms with Gasteiger partial charge in [-0.1, -0.05) is 53.1 Å². The summed E-state index contributed by atoms with van der Waals surface area (Å²) in [5.41, 5.74) is 1.67. The first-order chi connectivity index (χ1) is 25.6. The van der Waals surface area contributed by atoms with Gasteiger partial charge in [-0.3, -0.25) is 0 Å². The van der Waals surface area contributed by atoms with Gasteiger partial charge in [-0.05, 0) is 67.7 Å². The van der Waals surface area contributed by atoms with Gasteiger partial charge in [0.1, 0.15) is 29.8 Å². The molecule has 1 N–H and O–H groups in total. The van der Waals surface area contributed by atoms with Crippen LogP contribution in [0, 0.1) is 5.82 Å². The molecule has 0 fully saturated rings. The molecule has 0 amide bonds. The molecule has 0 spiro atoms. The highest BCUT2D eigenvalue weighted by Crippen LogP contribution is 2.46. The van der Waals surface area contributed by atoms with Crippen LogP contribution < -0.4 is 9.47 Å². The van der Waals surface area contributed by atoms with Crippen molar-refractivity contribution >= 4 is 58.0 Å². The third-order valence-corrected chi connectivity index (χ3v) is 18.9. The van der Waals surface area contributed by atoms with E-state index in [1.54, 1.807) is 33.0 Å². The molecule has 1 unspecified atom stereocenters. The van der Waals surface area contributed by atoms with E-state index in [9.17, 15) is 18.3 Å². The van der Waals surface area contributed by atoms with Gasteiger partial charge in [0.05, 0.1) is 28.1 Å². The van der Waals surface area contributed by atoms with E-state index in [0.717, 1.165) is 10.4 Å².